The minimum Gasteiger partial charge on any atom is -0.435 e. The fraction of sp³-hybridized carbons (Fsp3) is 0.917. The van der Waals surface area contributed by atoms with E-state index in [2.05, 4.69) is 0 Å². The summed E-state index contributed by atoms with van der Waals surface area (Å²) in [6.07, 6.45) is -15.1. The van der Waals surface area contributed by atoms with Crippen LogP contribution in [-0.2, 0) is 0 Å². The van der Waals surface area contributed by atoms with Crippen LogP contribution in [0.2, 0.25) is 0 Å². The molecule has 0 bridgehead atoms. The number of halogens is 13. The van der Waals surface area contributed by atoms with E-state index in [1.165, 1.54) is 0 Å². The molecule has 0 aliphatic carbocycles. The van der Waals surface area contributed by atoms with Gasteiger partial charge >= 0.3 is 41.9 Å². The number of rotatable bonds is 8. The molecule has 1 amide bonds. The summed E-state index contributed by atoms with van der Waals surface area (Å²) in [6, 6.07) is 0. The van der Waals surface area contributed by atoms with E-state index in [1.54, 1.807) is 0 Å². The molecule has 0 rings (SSSR count). The lowest BCUT2D eigenvalue weighted by atomic mass is 9.91. The number of aliphatic hydroxyl groups is 1. The molecule has 0 aromatic rings. The van der Waals surface area contributed by atoms with Gasteiger partial charge in [-0.25, -0.2) is 4.48 Å². The zero-order valence-electron chi connectivity index (χ0n) is 14.2. The summed E-state index contributed by atoms with van der Waals surface area (Å²) in [6.45, 7) is -1.37. The Balaban J connectivity index is 6.02. The molecule has 4 nitrogen and oxygen atoms in total. The maximum absolute atomic E-state index is 13.5. The third kappa shape index (κ3) is 4.49. The first kappa shape index (κ1) is 27.5. The molecule has 0 fully saturated rings. The molecule has 29 heavy (non-hydrogen) atoms. The van der Waals surface area contributed by atoms with E-state index < -0.39 is 65.4 Å². The highest BCUT2D eigenvalue weighted by Gasteiger charge is 2.90. The summed E-state index contributed by atoms with van der Waals surface area (Å²) in [5.41, 5.74) is 0. The molecule has 17 heteroatoms. The first-order chi connectivity index (χ1) is 12.3. The second-order valence-corrected chi connectivity index (χ2v) is 6.51. The topological polar surface area (TPSA) is 57.5 Å². The summed E-state index contributed by atoms with van der Waals surface area (Å²) in [5, 5.41) is 17.9. The molecule has 0 aliphatic rings. The maximum Gasteiger partial charge on any atom is 0.513 e. The van der Waals surface area contributed by atoms with Crippen molar-refractivity contribution in [2.75, 3.05) is 20.6 Å². The van der Waals surface area contributed by atoms with Gasteiger partial charge in [0.05, 0.1) is 14.1 Å². The highest BCUT2D eigenvalue weighted by Crippen LogP contribution is 2.60. The summed E-state index contributed by atoms with van der Waals surface area (Å²) < 4.78 is 166. The van der Waals surface area contributed by atoms with Crippen LogP contribution in [0.5, 0.6) is 0 Å². The van der Waals surface area contributed by atoms with Gasteiger partial charge in [0.25, 0.3) is 0 Å². The lowest BCUT2D eigenvalue weighted by molar-refractivity contribution is -0.820. The molecule has 2 N–H and O–H groups in total. The Bertz CT molecular complexity index is 615. The van der Waals surface area contributed by atoms with Crippen molar-refractivity contribution < 1.29 is 76.6 Å². The number of hydrogen-bond donors (Lipinski definition) is 2. The normalized spacial score (nSPS) is 16.7. The van der Waals surface area contributed by atoms with E-state index in [0.29, 0.717) is 14.1 Å². The maximum atomic E-state index is 13.5. The minimum absolute atomic E-state index is 0.703. The third-order valence-electron chi connectivity index (χ3n) is 3.68. The zero-order valence-corrected chi connectivity index (χ0v) is 14.2. The average Bonchev–Trinajstić information content (AvgIpc) is 2.43. The quantitative estimate of drug-likeness (QED) is 0.416. The van der Waals surface area contributed by atoms with Gasteiger partial charge in [-0.15, -0.1) is 0 Å². The van der Waals surface area contributed by atoms with Gasteiger partial charge in [-0.1, -0.05) is 0 Å². The smallest absolute Gasteiger partial charge is 0.435 e. The number of aliphatic hydroxyl groups excluding tert-OH is 1. The summed E-state index contributed by atoms with van der Waals surface area (Å²) >= 11 is 0. The predicted molar refractivity (Wildman–Crippen MR) is 66.4 cm³/mol. The van der Waals surface area contributed by atoms with Crippen LogP contribution in [0.1, 0.15) is 6.42 Å². The van der Waals surface area contributed by atoms with Gasteiger partial charge in [-0.3, -0.25) is 0 Å². The van der Waals surface area contributed by atoms with Gasteiger partial charge in [0, 0.05) is 6.42 Å². The van der Waals surface area contributed by atoms with Crippen LogP contribution in [0.4, 0.5) is 61.9 Å². The Morgan fingerprint density at radius 2 is 1.10 bits per heavy atom. The standard InChI is InChI=1S/C12H12F13NO3/c1-26(2,6(28)29)4-5(27)3-7(13,14)8(15,16)9(17,18)10(19,20)11(21,22)12(23,24)25/h5,27H,3-4H2,1-2H3/p+1. The lowest BCUT2D eigenvalue weighted by Gasteiger charge is -2.40. The summed E-state index contributed by atoms with van der Waals surface area (Å²) in [4.78, 5) is 10.7. The van der Waals surface area contributed by atoms with E-state index >= 15 is 0 Å². The Hall–Kier alpha value is -1.52. The molecule has 0 saturated carbocycles. The van der Waals surface area contributed by atoms with Crippen LogP contribution in [0, 0.1) is 0 Å². The van der Waals surface area contributed by atoms with Crippen molar-refractivity contribution >= 4 is 6.09 Å². The first-order valence-corrected chi connectivity index (χ1v) is 7.00. The molecule has 0 radical (unpaired) electrons. The van der Waals surface area contributed by atoms with Crippen LogP contribution in [0.3, 0.4) is 0 Å². The molecule has 0 spiro atoms. The summed E-state index contributed by atoms with van der Waals surface area (Å²) in [5.74, 6) is -37.8. The van der Waals surface area contributed by atoms with Crippen molar-refractivity contribution in [1.29, 1.82) is 0 Å². The van der Waals surface area contributed by atoms with Crippen molar-refractivity contribution in [3.8, 4) is 0 Å². The zero-order chi connectivity index (χ0) is 24.1. The molecule has 0 aromatic carbocycles. The predicted octanol–water partition coefficient (Wildman–Crippen LogP) is 4.23. The number of hydrogen-bond acceptors (Lipinski definition) is 2. The Labute approximate surface area is 153 Å². The first-order valence-electron chi connectivity index (χ1n) is 7.00. The van der Waals surface area contributed by atoms with E-state index in [-0.39, 0.29) is 0 Å². The Morgan fingerprint density at radius 3 is 1.41 bits per heavy atom. The van der Waals surface area contributed by atoms with E-state index in [0.717, 1.165) is 0 Å². The molecular weight excluding hydrogens is 453 g/mol. The van der Waals surface area contributed by atoms with Gasteiger partial charge in [-0.05, 0) is 0 Å². The van der Waals surface area contributed by atoms with Gasteiger partial charge < -0.3 is 10.2 Å². The largest absolute Gasteiger partial charge is 0.513 e. The van der Waals surface area contributed by atoms with Gasteiger partial charge in [0.2, 0.25) is 0 Å². The molecule has 0 saturated heterocycles. The van der Waals surface area contributed by atoms with E-state index in [1.807, 2.05) is 0 Å². The van der Waals surface area contributed by atoms with Crippen LogP contribution < -0.4 is 0 Å². The van der Waals surface area contributed by atoms with Crippen LogP contribution in [0.25, 0.3) is 0 Å². The Kier molecular flexibility index (Phi) is 6.93. The molecule has 174 valence electrons. The van der Waals surface area contributed by atoms with E-state index in [9.17, 15) is 67.0 Å². The molecule has 0 heterocycles. The number of nitrogens with zero attached hydrogens (tertiary/aromatic N) is 1. The number of carbonyl (C=O) groups is 1. The number of likely N-dealkylation sites (N-methyl/N-ethyl adjacent to an activating group) is 1. The van der Waals surface area contributed by atoms with Gasteiger partial charge in [0.15, 0.2) is 0 Å². The molecular formula is C12H13F13NO3+. The number of amides is 1. The second kappa shape index (κ2) is 7.31. The number of quaternary nitrogens is 1. The van der Waals surface area contributed by atoms with E-state index in [4.69, 9.17) is 5.11 Å². The summed E-state index contributed by atoms with van der Waals surface area (Å²) in [7, 11) is 1.41. The third-order valence-corrected chi connectivity index (χ3v) is 3.68. The Morgan fingerprint density at radius 1 is 0.759 bits per heavy atom. The van der Waals surface area contributed by atoms with Crippen molar-refractivity contribution in [2.24, 2.45) is 0 Å². The van der Waals surface area contributed by atoms with Gasteiger partial charge in [0.1, 0.15) is 12.6 Å². The number of carboxylic acid groups (broad SMARTS) is 1. The monoisotopic (exact) mass is 466 g/mol. The minimum atomic E-state index is -8.02. The van der Waals surface area contributed by atoms with Crippen molar-refractivity contribution in [3.63, 3.8) is 0 Å². The van der Waals surface area contributed by atoms with Gasteiger partial charge in [-0.2, -0.15) is 61.9 Å². The molecule has 1 unspecified atom stereocenters. The van der Waals surface area contributed by atoms with Crippen LogP contribution >= 0.6 is 0 Å². The van der Waals surface area contributed by atoms with Crippen molar-refractivity contribution in [1.82, 2.24) is 0 Å². The average molecular weight is 466 g/mol. The van der Waals surface area contributed by atoms with Crippen molar-refractivity contribution in [3.05, 3.63) is 0 Å². The fourth-order valence-corrected chi connectivity index (χ4v) is 1.90. The van der Waals surface area contributed by atoms with Crippen molar-refractivity contribution in [2.45, 2.75) is 48.3 Å². The fourth-order valence-electron chi connectivity index (χ4n) is 1.90. The van der Waals surface area contributed by atoms with Crippen LogP contribution in [0.15, 0.2) is 0 Å². The molecule has 0 aliphatic heterocycles. The molecule has 1 atom stereocenters. The second-order valence-electron chi connectivity index (χ2n) is 6.51. The highest BCUT2D eigenvalue weighted by molar-refractivity contribution is 5.56. The number of alkyl halides is 13. The SMILES string of the molecule is C[N+](C)(CC(O)CC(F)(F)C(F)(F)C(F)(F)C(F)(F)C(F)(F)C(F)(F)F)C(=O)O. The highest BCUT2D eigenvalue weighted by atomic mass is 19.4. The molecule has 0 aromatic heterocycles. The van der Waals surface area contributed by atoms with Crippen LogP contribution in [-0.4, -0.2) is 83.3 Å². The lowest BCUT2D eigenvalue weighted by Crippen LogP contribution is -2.70.